The summed E-state index contributed by atoms with van der Waals surface area (Å²) in [7, 11) is 0. The maximum absolute atomic E-state index is 15.7. The van der Waals surface area contributed by atoms with Gasteiger partial charge in [-0.05, 0) is 12.8 Å². The van der Waals surface area contributed by atoms with Gasteiger partial charge in [0.15, 0.2) is 44.9 Å². The molecule has 0 amide bonds. The van der Waals surface area contributed by atoms with E-state index in [4.69, 9.17) is 0 Å². The van der Waals surface area contributed by atoms with Gasteiger partial charge in [-0.2, -0.15) is 0 Å². The van der Waals surface area contributed by atoms with Crippen LogP contribution in [-0.4, -0.2) is 20.4 Å². The van der Waals surface area contributed by atoms with Crippen molar-refractivity contribution in [1.29, 1.82) is 0 Å². The van der Waals surface area contributed by atoms with Crippen LogP contribution < -0.4 is 0 Å². The van der Waals surface area contributed by atoms with Crippen LogP contribution >= 0.6 is 22.7 Å². The molecule has 0 N–H and O–H groups in total. The molecule has 4 nitrogen and oxygen atoms in total. The first kappa shape index (κ1) is 24.4. The van der Waals surface area contributed by atoms with Crippen LogP contribution in [0, 0.1) is 46.5 Å². The van der Waals surface area contributed by atoms with Gasteiger partial charge in [-0.25, -0.2) is 35.1 Å². The minimum absolute atomic E-state index is 0.302. The van der Waals surface area contributed by atoms with Crippen LogP contribution in [0.5, 0.6) is 0 Å². The quantitative estimate of drug-likeness (QED) is 0.135. The van der Waals surface area contributed by atoms with E-state index < -0.39 is 89.2 Å². The third-order valence-electron chi connectivity index (χ3n) is 5.49. The van der Waals surface area contributed by atoms with Crippen molar-refractivity contribution < 1.29 is 35.1 Å². The molecule has 0 saturated carbocycles. The number of aryl methyl sites for hydroxylation is 2. The summed E-state index contributed by atoms with van der Waals surface area (Å²) in [6.45, 7) is 3.32. The van der Waals surface area contributed by atoms with E-state index in [9.17, 15) is 13.2 Å². The average Bonchev–Trinajstić information content (AvgIpc) is 3.52. The van der Waals surface area contributed by atoms with Crippen molar-refractivity contribution in [1.82, 2.24) is 20.4 Å². The third-order valence-corrected chi connectivity index (χ3v) is 7.66. The standard InChI is InChI=1S/C22H10F8N4S2/c1-3-5-31-33-21(35-5)11-13(23)7-8-9(16(26)17(27)10(7)18(28)20(11)30)14(24)12(19(29)15(8)25)22-34-32-6(4-2)36-22/h3-4H2,1-2H3. The highest BCUT2D eigenvalue weighted by atomic mass is 32.1. The van der Waals surface area contributed by atoms with Gasteiger partial charge in [0.2, 0.25) is 0 Å². The van der Waals surface area contributed by atoms with Crippen LogP contribution in [0.3, 0.4) is 0 Å². The molecular formula is C22H10F8N4S2. The van der Waals surface area contributed by atoms with Crippen LogP contribution in [0.4, 0.5) is 35.1 Å². The number of hydrogen-bond acceptors (Lipinski definition) is 6. The fourth-order valence-electron chi connectivity index (χ4n) is 3.79. The molecule has 0 unspecified atom stereocenters. The summed E-state index contributed by atoms with van der Waals surface area (Å²) in [5.41, 5.74) is -2.32. The van der Waals surface area contributed by atoms with Crippen molar-refractivity contribution in [2.45, 2.75) is 26.7 Å². The Kier molecular flexibility index (Phi) is 5.90. The number of halogens is 8. The maximum Gasteiger partial charge on any atom is 0.172 e. The topological polar surface area (TPSA) is 51.6 Å². The first-order valence-electron chi connectivity index (χ1n) is 10.2. The summed E-state index contributed by atoms with van der Waals surface area (Å²) in [5, 5.41) is 8.13. The van der Waals surface area contributed by atoms with Gasteiger partial charge < -0.3 is 0 Å². The second-order valence-electron chi connectivity index (χ2n) is 7.47. The number of hydrogen-bond donors (Lipinski definition) is 0. The SMILES string of the molecule is CCc1nnc(-c2c(F)c(F)c3c(c2F)c(F)c(F)c2c(F)c(F)c(-c4nnc(CC)s4)c(F)c23)s1. The molecule has 0 aliphatic heterocycles. The highest BCUT2D eigenvalue weighted by Crippen LogP contribution is 2.45. The van der Waals surface area contributed by atoms with E-state index >= 15 is 22.0 Å². The van der Waals surface area contributed by atoms with Gasteiger partial charge in [0.05, 0.1) is 21.9 Å². The summed E-state index contributed by atoms with van der Waals surface area (Å²) in [5.74, 6) is -15.9. The van der Waals surface area contributed by atoms with E-state index in [1.165, 1.54) is 0 Å². The predicted octanol–water partition coefficient (Wildman–Crippen LogP) is 7.27. The van der Waals surface area contributed by atoms with E-state index in [1.807, 2.05) is 0 Å². The van der Waals surface area contributed by atoms with Gasteiger partial charge in [0, 0.05) is 10.8 Å². The lowest BCUT2D eigenvalue weighted by atomic mass is 9.94. The molecule has 14 heteroatoms. The fourth-order valence-corrected chi connectivity index (χ4v) is 5.42. The zero-order valence-corrected chi connectivity index (χ0v) is 19.7. The van der Waals surface area contributed by atoms with E-state index in [-0.39, 0.29) is 0 Å². The van der Waals surface area contributed by atoms with Crippen LogP contribution in [0.1, 0.15) is 23.9 Å². The third kappa shape index (κ3) is 3.30. The monoisotopic (exact) mass is 546 g/mol. The lowest BCUT2D eigenvalue weighted by Crippen LogP contribution is -2.06. The van der Waals surface area contributed by atoms with Crippen LogP contribution in [0.15, 0.2) is 0 Å². The molecule has 0 fully saturated rings. The smallest absolute Gasteiger partial charge is 0.172 e. The fraction of sp³-hybridized carbons (Fsp3) is 0.182. The Morgan fingerprint density at radius 3 is 1.19 bits per heavy atom. The van der Waals surface area contributed by atoms with Gasteiger partial charge in [-0.15, -0.1) is 20.4 Å². The minimum atomic E-state index is -2.19. The van der Waals surface area contributed by atoms with Gasteiger partial charge in [-0.1, -0.05) is 36.5 Å². The van der Waals surface area contributed by atoms with E-state index in [1.54, 1.807) is 13.8 Å². The Bertz CT molecular complexity index is 1710. The van der Waals surface area contributed by atoms with Crippen molar-refractivity contribution in [3.05, 3.63) is 56.6 Å². The molecule has 3 aromatic carbocycles. The Labute approximate surface area is 204 Å². The summed E-state index contributed by atoms with van der Waals surface area (Å²) in [4.78, 5) is 0. The summed E-state index contributed by atoms with van der Waals surface area (Å²) < 4.78 is 121. The van der Waals surface area contributed by atoms with Crippen molar-refractivity contribution >= 4 is 44.2 Å². The second-order valence-corrected chi connectivity index (χ2v) is 9.60. The van der Waals surface area contributed by atoms with E-state index in [0.717, 1.165) is 0 Å². The van der Waals surface area contributed by atoms with Crippen LogP contribution in [0.25, 0.3) is 42.7 Å². The molecule has 186 valence electrons. The molecule has 0 aliphatic carbocycles. The Morgan fingerprint density at radius 1 is 0.444 bits per heavy atom. The largest absolute Gasteiger partial charge is 0.205 e. The number of benzene rings is 3. The van der Waals surface area contributed by atoms with Gasteiger partial charge >= 0.3 is 0 Å². The molecule has 2 aromatic heterocycles. The molecule has 0 bridgehead atoms. The minimum Gasteiger partial charge on any atom is -0.205 e. The molecule has 36 heavy (non-hydrogen) atoms. The lowest BCUT2D eigenvalue weighted by molar-refractivity contribution is 0.486. The number of fused-ring (bicyclic) bond motifs is 3. The molecule has 2 heterocycles. The highest BCUT2D eigenvalue weighted by molar-refractivity contribution is 7.15. The first-order valence-corrected chi connectivity index (χ1v) is 11.9. The lowest BCUT2D eigenvalue weighted by Gasteiger charge is -2.15. The van der Waals surface area contributed by atoms with Crippen molar-refractivity contribution in [3.63, 3.8) is 0 Å². The molecule has 0 spiro atoms. The molecular weight excluding hydrogens is 536 g/mol. The second kappa shape index (κ2) is 8.69. The molecule has 5 aromatic rings. The maximum atomic E-state index is 15.7. The summed E-state index contributed by atoms with van der Waals surface area (Å²) in [6.07, 6.45) is 0.619. The summed E-state index contributed by atoms with van der Waals surface area (Å²) in [6, 6.07) is 0. The first-order chi connectivity index (χ1) is 17.1. The number of rotatable bonds is 4. The zero-order chi connectivity index (χ0) is 26.0. The van der Waals surface area contributed by atoms with E-state index in [2.05, 4.69) is 20.4 Å². The van der Waals surface area contributed by atoms with E-state index in [0.29, 0.717) is 45.5 Å². The summed E-state index contributed by atoms with van der Waals surface area (Å²) >= 11 is 1.34. The van der Waals surface area contributed by atoms with Crippen molar-refractivity contribution in [3.8, 4) is 21.1 Å². The van der Waals surface area contributed by atoms with Crippen molar-refractivity contribution in [2.24, 2.45) is 0 Å². The Hall–Kier alpha value is -3.26. The zero-order valence-electron chi connectivity index (χ0n) is 18.0. The predicted molar refractivity (Wildman–Crippen MR) is 118 cm³/mol. The molecule has 5 rings (SSSR count). The average molecular weight is 546 g/mol. The van der Waals surface area contributed by atoms with Gasteiger partial charge in [0.1, 0.15) is 21.6 Å². The number of aromatic nitrogens is 4. The molecule has 0 saturated heterocycles. The Balaban J connectivity index is 1.99. The van der Waals surface area contributed by atoms with Crippen molar-refractivity contribution in [2.75, 3.05) is 0 Å². The molecule has 0 atom stereocenters. The van der Waals surface area contributed by atoms with Gasteiger partial charge in [0.25, 0.3) is 0 Å². The van der Waals surface area contributed by atoms with Crippen LogP contribution in [-0.2, 0) is 12.8 Å². The molecule has 0 radical (unpaired) electrons. The van der Waals surface area contributed by atoms with Crippen LogP contribution in [0.2, 0.25) is 0 Å². The normalized spacial score (nSPS) is 11.8. The number of nitrogens with zero attached hydrogens (tertiary/aromatic N) is 4. The molecule has 0 aliphatic rings. The Morgan fingerprint density at radius 2 is 0.778 bits per heavy atom. The highest BCUT2D eigenvalue weighted by Gasteiger charge is 2.34. The van der Waals surface area contributed by atoms with Gasteiger partial charge in [-0.3, -0.25) is 0 Å².